The summed E-state index contributed by atoms with van der Waals surface area (Å²) in [6, 6.07) is 18.9. The second-order valence-corrected chi connectivity index (χ2v) is 9.94. The monoisotopic (exact) mass is 601 g/mol. The number of halogens is 3. The molecule has 1 aromatic heterocycles. The third-order valence-electron chi connectivity index (χ3n) is 5.20. The number of hydrogen-bond donors (Lipinski definition) is 0. The van der Waals surface area contributed by atoms with Crippen molar-refractivity contribution in [2.75, 3.05) is 0 Å². The summed E-state index contributed by atoms with van der Waals surface area (Å²) in [7, 11) is 0. The Kier molecular flexibility index (Phi) is 8.19. The van der Waals surface area contributed by atoms with Crippen molar-refractivity contribution in [3.63, 3.8) is 0 Å². The highest BCUT2D eigenvalue weighted by Gasteiger charge is 2.13. The van der Waals surface area contributed by atoms with E-state index in [9.17, 15) is 4.79 Å². The van der Waals surface area contributed by atoms with E-state index in [4.69, 9.17) is 21.3 Å². The molecule has 34 heavy (non-hydrogen) atoms. The highest BCUT2D eigenvalue weighted by atomic mass is 79.9. The van der Waals surface area contributed by atoms with Gasteiger partial charge in [0.15, 0.2) is 0 Å². The van der Waals surface area contributed by atoms with Gasteiger partial charge in [-0.15, -0.1) is 0 Å². The molecule has 1 heterocycles. The summed E-state index contributed by atoms with van der Waals surface area (Å²) in [5.74, 6) is 1.21. The number of rotatable bonds is 8. The second kappa shape index (κ2) is 11.3. The molecule has 0 amide bonds. The molecule has 0 N–H and O–H groups in total. The van der Waals surface area contributed by atoms with E-state index >= 15 is 0 Å². The number of benzene rings is 3. The molecule has 174 valence electrons. The summed E-state index contributed by atoms with van der Waals surface area (Å²) >= 11 is 13.3. The number of aryl methyl sites for hydroxylation is 1. The number of aromatic nitrogens is 2. The van der Waals surface area contributed by atoms with Gasteiger partial charge in [0.1, 0.15) is 18.2 Å². The number of hydrogen-bond acceptors (Lipinski definition) is 4. The summed E-state index contributed by atoms with van der Waals surface area (Å²) in [6.07, 6.45) is 4.12. The van der Waals surface area contributed by atoms with Crippen LogP contribution in [0.15, 0.2) is 79.5 Å². The maximum Gasteiger partial charge on any atom is 0.282 e. The number of nitrogens with zero attached hydrogens (tertiary/aromatic N) is 3. The lowest BCUT2D eigenvalue weighted by Crippen LogP contribution is -2.22. The molecule has 0 aliphatic rings. The van der Waals surface area contributed by atoms with Crippen LogP contribution in [0.4, 0.5) is 0 Å². The van der Waals surface area contributed by atoms with Gasteiger partial charge >= 0.3 is 0 Å². The van der Waals surface area contributed by atoms with Crippen molar-refractivity contribution < 1.29 is 4.74 Å². The predicted molar refractivity (Wildman–Crippen MR) is 145 cm³/mol. The van der Waals surface area contributed by atoms with Crippen molar-refractivity contribution >= 4 is 60.6 Å². The number of unbranched alkanes of at least 4 members (excludes halogenated alkanes) is 1. The third-order valence-corrected chi connectivity index (χ3v) is 6.51. The topological polar surface area (TPSA) is 56.5 Å². The first-order chi connectivity index (χ1) is 16.5. The maximum absolute atomic E-state index is 13.3. The van der Waals surface area contributed by atoms with Crippen LogP contribution in [-0.4, -0.2) is 15.9 Å². The first-order valence-electron chi connectivity index (χ1n) is 10.9. The molecule has 5 nitrogen and oxygen atoms in total. The third kappa shape index (κ3) is 5.77. The van der Waals surface area contributed by atoms with Crippen molar-refractivity contribution in [1.82, 2.24) is 9.66 Å². The Morgan fingerprint density at radius 3 is 2.68 bits per heavy atom. The van der Waals surface area contributed by atoms with Crippen LogP contribution in [0.2, 0.25) is 5.02 Å². The summed E-state index contributed by atoms with van der Waals surface area (Å²) in [6.45, 7) is 2.49. The fourth-order valence-corrected chi connectivity index (χ4v) is 4.80. The highest BCUT2D eigenvalue weighted by molar-refractivity contribution is 9.10. The van der Waals surface area contributed by atoms with E-state index < -0.39 is 0 Å². The van der Waals surface area contributed by atoms with E-state index in [-0.39, 0.29) is 5.56 Å². The summed E-state index contributed by atoms with van der Waals surface area (Å²) in [4.78, 5) is 18.1. The van der Waals surface area contributed by atoms with Crippen LogP contribution in [-0.2, 0) is 13.0 Å². The first-order valence-corrected chi connectivity index (χ1v) is 12.8. The lowest BCUT2D eigenvalue weighted by molar-refractivity contribution is 0.304. The van der Waals surface area contributed by atoms with Gasteiger partial charge < -0.3 is 4.74 Å². The zero-order chi connectivity index (χ0) is 24.1. The van der Waals surface area contributed by atoms with Crippen LogP contribution < -0.4 is 10.3 Å². The first kappa shape index (κ1) is 24.6. The molecule has 8 heteroatoms. The fourth-order valence-electron chi connectivity index (χ4n) is 3.49. The highest BCUT2D eigenvalue weighted by Crippen LogP contribution is 2.32. The Bertz CT molecular complexity index is 1410. The fraction of sp³-hybridized carbons (Fsp3) is 0.192. The van der Waals surface area contributed by atoms with Crippen LogP contribution in [0.5, 0.6) is 5.75 Å². The van der Waals surface area contributed by atoms with E-state index in [1.54, 1.807) is 24.4 Å². The van der Waals surface area contributed by atoms with Gasteiger partial charge in [0, 0.05) is 21.5 Å². The quantitative estimate of drug-likeness (QED) is 0.198. The minimum absolute atomic E-state index is 0.221. The molecule has 3 aromatic carbocycles. The van der Waals surface area contributed by atoms with Crippen LogP contribution in [0, 0.1) is 0 Å². The Hall–Kier alpha value is -2.48. The zero-order valence-corrected chi connectivity index (χ0v) is 22.4. The van der Waals surface area contributed by atoms with Crippen molar-refractivity contribution in [2.24, 2.45) is 5.10 Å². The SMILES string of the molecule is CCCCc1nc2ccc(Br)cc2c(=O)n1N=Cc1cc(Cl)cc(Br)c1OCc1ccccc1. The van der Waals surface area contributed by atoms with Crippen LogP contribution in [0.25, 0.3) is 10.9 Å². The van der Waals surface area contributed by atoms with E-state index in [2.05, 4.69) is 43.9 Å². The van der Waals surface area contributed by atoms with Gasteiger partial charge in [-0.2, -0.15) is 9.78 Å². The van der Waals surface area contributed by atoms with E-state index in [1.165, 1.54) is 4.68 Å². The Balaban J connectivity index is 1.76. The zero-order valence-electron chi connectivity index (χ0n) is 18.5. The number of ether oxygens (including phenoxy) is 1. The molecule has 0 aliphatic heterocycles. The second-order valence-electron chi connectivity index (χ2n) is 7.73. The van der Waals surface area contributed by atoms with Crippen LogP contribution in [0.1, 0.15) is 36.7 Å². The van der Waals surface area contributed by atoms with Gasteiger partial charge in [0.25, 0.3) is 5.56 Å². The molecular weight excluding hydrogens is 582 g/mol. The molecule has 4 rings (SSSR count). The summed E-state index contributed by atoms with van der Waals surface area (Å²) in [5, 5.41) is 5.58. The van der Waals surface area contributed by atoms with E-state index in [0.29, 0.717) is 50.6 Å². The normalized spacial score (nSPS) is 11.4. The van der Waals surface area contributed by atoms with Crippen LogP contribution >= 0.6 is 43.5 Å². The molecule has 0 fully saturated rings. The molecule has 0 saturated heterocycles. The number of fused-ring (bicyclic) bond motifs is 1. The van der Waals surface area contributed by atoms with Gasteiger partial charge in [-0.3, -0.25) is 4.79 Å². The average Bonchev–Trinajstić information content (AvgIpc) is 2.82. The molecule has 0 bridgehead atoms. The molecule has 4 aromatic rings. The Morgan fingerprint density at radius 1 is 1.12 bits per heavy atom. The lowest BCUT2D eigenvalue weighted by atomic mass is 10.2. The minimum Gasteiger partial charge on any atom is -0.487 e. The lowest BCUT2D eigenvalue weighted by Gasteiger charge is -2.13. The van der Waals surface area contributed by atoms with Crippen molar-refractivity contribution in [1.29, 1.82) is 0 Å². The van der Waals surface area contributed by atoms with Crippen molar-refractivity contribution in [3.8, 4) is 5.75 Å². The predicted octanol–water partition coefficient (Wildman–Crippen LogP) is 7.38. The molecule has 0 atom stereocenters. The van der Waals surface area contributed by atoms with Crippen molar-refractivity contribution in [3.05, 3.63) is 102 Å². The molecular formula is C26H22Br2ClN3O2. The maximum atomic E-state index is 13.3. The smallest absolute Gasteiger partial charge is 0.282 e. The van der Waals surface area contributed by atoms with Gasteiger partial charge in [0.2, 0.25) is 0 Å². The standard InChI is InChI=1S/C26H22Br2ClN3O2/c1-2-3-9-24-31-23-11-10-19(27)13-21(23)26(33)32(24)30-15-18-12-20(29)14-22(28)25(18)34-16-17-7-5-4-6-8-17/h4-8,10-15H,2-3,9,16H2,1H3. The van der Waals surface area contributed by atoms with Crippen LogP contribution in [0.3, 0.4) is 0 Å². The minimum atomic E-state index is -0.221. The molecule has 0 aliphatic carbocycles. The molecule has 0 radical (unpaired) electrons. The van der Waals surface area contributed by atoms with Gasteiger partial charge in [-0.1, -0.05) is 71.2 Å². The average molecular weight is 604 g/mol. The molecule has 0 spiro atoms. The van der Waals surface area contributed by atoms with E-state index in [0.717, 1.165) is 22.9 Å². The van der Waals surface area contributed by atoms with Gasteiger partial charge in [0.05, 0.1) is 21.6 Å². The van der Waals surface area contributed by atoms with Gasteiger partial charge in [-0.05, 0) is 58.2 Å². The van der Waals surface area contributed by atoms with E-state index in [1.807, 2.05) is 42.5 Å². The summed E-state index contributed by atoms with van der Waals surface area (Å²) < 4.78 is 8.99. The van der Waals surface area contributed by atoms with Gasteiger partial charge in [-0.25, -0.2) is 4.98 Å². The largest absolute Gasteiger partial charge is 0.487 e. The summed E-state index contributed by atoms with van der Waals surface area (Å²) in [5.41, 5.74) is 2.12. The Morgan fingerprint density at radius 2 is 1.91 bits per heavy atom. The Labute approximate surface area is 219 Å². The van der Waals surface area contributed by atoms with Crippen molar-refractivity contribution in [2.45, 2.75) is 32.8 Å². The molecule has 0 saturated carbocycles. The molecule has 0 unspecified atom stereocenters.